The Morgan fingerprint density at radius 1 is 1.21 bits per heavy atom. The third kappa shape index (κ3) is 1.66. The summed E-state index contributed by atoms with van der Waals surface area (Å²) in [6.07, 6.45) is 2.69. The number of fused-ring (bicyclic) bond motifs is 1. The summed E-state index contributed by atoms with van der Waals surface area (Å²) < 4.78 is 0. The number of rotatable bonds is 3. The molecule has 14 heavy (non-hydrogen) atoms. The highest BCUT2D eigenvalue weighted by atomic mass is 15.0. The van der Waals surface area contributed by atoms with E-state index in [-0.39, 0.29) is 0 Å². The molecule has 0 radical (unpaired) electrons. The van der Waals surface area contributed by atoms with E-state index in [1.165, 1.54) is 0 Å². The third-order valence-electron chi connectivity index (χ3n) is 2.09. The van der Waals surface area contributed by atoms with E-state index in [0.717, 1.165) is 29.7 Å². The lowest BCUT2D eigenvalue weighted by Crippen LogP contribution is -2.02. The van der Waals surface area contributed by atoms with E-state index in [4.69, 9.17) is 0 Å². The molecule has 1 aromatic heterocycles. The first-order chi connectivity index (χ1) is 6.92. The molecule has 0 unspecified atom stereocenters. The van der Waals surface area contributed by atoms with Crippen molar-refractivity contribution < 1.29 is 0 Å². The van der Waals surface area contributed by atoms with Crippen LogP contribution < -0.4 is 5.32 Å². The standard InChI is InChI=1S/C11H13N3/c1-2-7-12-11-9-5-3-4-6-10(9)13-8-14-11/h3-6,8H,2,7H2,1H3,(H,12,13,14). The van der Waals surface area contributed by atoms with Crippen molar-refractivity contribution in [1.82, 2.24) is 9.97 Å². The summed E-state index contributed by atoms with van der Waals surface area (Å²) in [5, 5.41) is 4.37. The lowest BCUT2D eigenvalue weighted by molar-refractivity contribution is 0.969. The number of para-hydroxylation sites is 1. The monoisotopic (exact) mass is 187 g/mol. The molecule has 1 N–H and O–H groups in total. The Hall–Kier alpha value is -1.64. The van der Waals surface area contributed by atoms with Crippen LogP contribution in [-0.2, 0) is 0 Å². The van der Waals surface area contributed by atoms with Gasteiger partial charge in [0.25, 0.3) is 0 Å². The highest BCUT2D eigenvalue weighted by molar-refractivity contribution is 5.88. The summed E-state index contributed by atoms with van der Waals surface area (Å²) in [6.45, 7) is 3.08. The minimum atomic E-state index is 0.928. The predicted octanol–water partition coefficient (Wildman–Crippen LogP) is 2.45. The summed E-state index contributed by atoms with van der Waals surface area (Å²) in [6, 6.07) is 8.02. The number of aromatic nitrogens is 2. The van der Waals surface area contributed by atoms with Crippen molar-refractivity contribution in [3.05, 3.63) is 30.6 Å². The number of hydrogen-bond donors (Lipinski definition) is 1. The van der Waals surface area contributed by atoms with Crippen molar-refractivity contribution in [2.24, 2.45) is 0 Å². The Morgan fingerprint density at radius 2 is 2.07 bits per heavy atom. The predicted molar refractivity (Wildman–Crippen MR) is 58.3 cm³/mol. The number of nitrogens with zero attached hydrogens (tertiary/aromatic N) is 2. The summed E-state index contributed by atoms with van der Waals surface area (Å²) >= 11 is 0. The van der Waals surface area contributed by atoms with E-state index in [0.29, 0.717) is 0 Å². The van der Waals surface area contributed by atoms with Gasteiger partial charge in [-0.05, 0) is 18.6 Å². The van der Waals surface area contributed by atoms with Gasteiger partial charge in [0.15, 0.2) is 0 Å². The SMILES string of the molecule is CCCNc1ncnc2ccccc12. The molecule has 0 spiro atoms. The molecule has 1 heterocycles. The molecule has 1 aromatic carbocycles. The van der Waals surface area contributed by atoms with Gasteiger partial charge in [0.05, 0.1) is 5.52 Å². The summed E-state index contributed by atoms with van der Waals surface area (Å²) in [5.41, 5.74) is 0.987. The molecule has 2 rings (SSSR count). The smallest absolute Gasteiger partial charge is 0.137 e. The zero-order valence-electron chi connectivity index (χ0n) is 8.20. The van der Waals surface area contributed by atoms with Crippen LogP contribution in [0.2, 0.25) is 0 Å². The topological polar surface area (TPSA) is 37.8 Å². The quantitative estimate of drug-likeness (QED) is 0.802. The molecular formula is C11H13N3. The molecule has 2 aromatic rings. The average Bonchev–Trinajstić information content (AvgIpc) is 2.26. The van der Waals surface area contributed by atoms with Crippen LogP contribution in [0.1, 0.15) is 13.3 Å². The lowest BCUT2D eigenvalue weighted by Gasteiger charge is -2.05. The fraction of sp³-hybridized carbons (Fsp3) is 0.273. The van der Waals surface area contributed by atoms with Crippen LogP contribution in [-0.4, -0.2) is 16.5 Å². The zero-order chi connectivity index (χ0) is 9.80. The third-order valence-corrected chi connectivity index (χ3v) is 2.09. The molecule has 0 saturated heterocycles. The molecule has 0 aliphatic heterocycles. The van der Waals surface area contributed by atoms with Gasteiger partial charge < -0.3 is 5.32 Å². The van der Waals surface area contributed by atoms with E-state index >= 15 is 0 Å². The van der Waals surface area contributed by atoms with Crippen molar-refractivity contribution in [1.29, 1.82) is 0 Å². The highest BCUT2D eigenvalue weighted by Gasteiger charge is 2.00. The van der Waals surface area contributed by atoms with Gasteiger partial charge in [0.1, 0.15) is 12.1 Å². The Kier molecular flexibility index (Phi) is 2.58. The first-order valence-corrected chi connectivity index (χ1v) is 4.85. The van der Waals surface area contributed by atoms with Gasteiger partial charge in [0.2, 0.25) is 0 Å². The second kappa shape index (κ2) is 4.05. The molecule has 3 heteroatoms. The minimum absolute atomic E-state index is 0.928. The van der Waals surface area contributed by atoms with Gasteiger partial charge in [-0.2, -0.15) is 0 Å². The second-order valence-corrected chi connectivity index (χ2v) is 3.17. The van der Waals surface area contributed by atoms with E-state index in [1.807, 2.05) is 24.3 Å². The summed E-state index contributed by atoms with van der Waals surface area (Å²) in [4.78, 5) is 8.42. The summed E-state index contributed by atoms with van der Waals surface area (Å²) in [7, 11) is 0. The van der Waals surface area contributed by atoms with Crippen LogP contribution in [0.4, 0.5) is 5.82 Å². The van der Waals surface area contributed by atoms with E-state index < -0.39 is 0 Å². The normalized spacial score (nSPS) is 10.4. The van der Waals surface area contributed by atoms with Crippen LogP contribution in [0.5, 0.6) is 0 Å². The Balaban J connectivity index is 2.43. The molecule has 0 bridgehead atoms. The van der Waals surface area contributed by atoms with Gasteiger partial charge in [-0.3, -0.25) is 0 Å². The molecular weight excluding hydrogens is 174 g/mol. The van der Waals surface area contributed by atoms with Crippen LogP contribution in [0.3, 0.4) is 0 Å². The maximum atomic E-state index is 4.22. The van der Waals surface area contributed by atoms with Gasteiger partial charge in [-0.25, -0.2) is 9.97 Å². The molecule has 0 amide bonds. The highest BCUT2D eigenvalue weighted by Crippen LogP contribution is 2.17. The van der Waals surface area contributed by atoms with Crippen molar-refractivity contribution in [2.45, 2.75) is 13.3 Å². The Bertz CT molecular complexity index is 420. The number of nitrogens with one attached hydrogen (secondary N) is 1. The molecule has 0 aliphatic rings. The van der Waals surface area contributed by atoms with Crippen LogP contribution in [0, 0.1) is 0 Å². The minimum Gasteiger partial charge on any atom is -0.369 e. The van der Waals surface area contributed by atoms with Crippen LogP contribution >= 0.6 is 0 Å². The molecule has 0 saturated carbocycles. The average molecular weight is 187 g/mol. The fourth-order valence-corrected chi connectivity index (χ4v) is 1.39. The molecule has 3 nitrogen and oxygen atoms in total. The molecule has 72 valence electrons. The van der Waals surface area contributed by atoms with E-state index in [9.17, 15) is 0 Å². The van der Waals surface area contributed by atoms with Crippen LogP contribution in [0.15, 0.2) is 30.6 Å². The first-order valence-electron chi connectivity index (χ1n) is 4.85. The Labute approximate surface area is 83.2 Å². The fourth-order valence-electron chi connectivity index (χ4n) is 1.39. The number of anilines is 1. The number of benzene rings is 1. The van der Waals surface area contributed by atoms with Crippen molar-refractivity contribution >= 4 is 16.7 Å². The summed E-state index contributed by atoms with van der Waals surface area (Å²) in [5.74, 6) is 0.928. The van der Waals surface area contributed by atoms with E-state index in [1.54, 1.807) is 6.33 Å². The van der Waals surface area contributed by atoms with E-state index in [2.05, 4.69) is 22.2 Å². The van der Waals surface area contributed by atoms with Gasteiger partial charge >= 0.3 is 0 Å². The molecule has 0 fully saturated rings. The van der Waals surface area contributed by atoms with Crippen molar-refractivity contribution in [2.75, 3.05) is 11.9 Å². The Morgan fingerprint density at radius 3 is 2.93 bits per heavy atom. The van der Waals surface area contributed by atoms with Crippen LogP contribution in [0.25, 0.3) is 10.9 Å². The first kappa shape index (κ1) is 8.94. The van der Waals surface area contributed by atoms with Gasteiger partial charge in [-0.1, -0.05) is 19.1 Å². The number of hydrogen-bond acceptors (Lipinski definition) is 3. The lowest BCUT2D eigenvalue weighted by atomic mass is 10.2. The van der Waals surface area contributed by atoms with Crippen molar-refractivity contribution in [3.8, 4) is 0 Å². The molecule has 0 aliphatic carbocycles. The largest absolute Gasteiger partial charge is 0.369 e. The maximum absolute atomic E-state index is 4.22. The maximum Gasteiger partial charge on any atom is 0.137 e. The zero-order valence-corrected chi connectivity index (χ0v) is 8.20. The second-order valence-electron chi connectivity index (χ2n) is 3.17. The van der Waals surface area contributed by atoms with Gasteiger partial charge in [0, 0.05) is 11.9 Å². The molecule has 0 atom stereocenters. The van der Waals surface area contributed by atoms with Gasteiger partial charge in [-0.15, -0.1) is 0 Å². The van der Waals surface area contributed by atoms with Crippen molar-refractivity contribution in [3.63, 3.8) is 0 Å².